The first-order chi connectivity index (χ1) is 44.9. The average Bonchev–Trinajstić information content (AvgIpc) is 1.54. The van der Waals surface area contributed by atoms with Gasteiger partial charge in [-0.3, -0.25) is 24.0 Å². The Labute approximate surface area is 593 Å². The van der Waals surface area contributed by atoms with Crippen molar-refractivity contribution < 1.29 is 106 Å². The zero-order valence-electron chi connectivity index (χ0n) is 58.3. The van der Waals surface area contributed by atoms with Gasteiger partial charge in [-0.15, -0.1) is 19.0 Å². The fourth-order valence-electron chi connectivity index (χ4n) is 11.0. The molecule has 0 saturated heterocycles. The molecule has 2 saturated carbocycles. The molecule has 27 heteroatoms. The molecule has 2 heterocycles. The van der Waals surface area contributed by atoms with Gasteiger partial charge < -0.3 is 101 Å². The number of phenolic OH excluding ortho intramolecular Hbond substituents is 2. The molecule has 4 amide bonds. The number of allylic oxidation sites excluding steroid dienone is 8. The van der Waals surface area contributed by atoms with Crippen LogP contribution in [-0.2, 0) is 54.1 Å². The normalized spacial score (nSPS) is 29.4. The zero-order chi connectivity index (χ0) is 72.7. The number of carbonyl (C=O) groups excluding carboxylic acids is 8. The number of anilines is 1. The lowest BCUT2D eigenvalue weighted by atomic mass is 9.82. The molecule has 4 bridgehead atoms. The second-order valence-corrected chi connectivity index (χ2v) is 26.3. The van der Waals surface area contributed by atoms with Crippen LogP contribution in [0.5, 0.6) is 11.5 Å². The summed E-state index contributed by atoms with van der Waals surface area (Å²) in [5.41, 5.74) is 21.9. The summed E-state index contributed by atoms with van der Waals surface area (Å²) in [4.78, 5) is 96.0. The lowest BCUT2D eigenvalue weighted by Crippen LogP contribution is -3.00. The van der Waals surface area contributed by atoms with Crippen molar-refractivity contribution in [1.29, 1.82) is 0 Å². The van der Waals surface area contributed by atoms with Gasteiger partial charge in [0.05, 0.1) is 53.4 Å². The minimum Gasteiger partial charge on any atom is -1.00 e. The van der Waals surface area contributed by atoms with E-state index >= 15 is 0 Å². The zero-order valence-corrected chi connectivity index (χ0v) is 60.7. The van der Waals surface area contributed by atoms with Gasteiger partial charge in [-0.1, -0.05) is 103 Å². The van der Waals surface area contributed by atoms with Gasteiger partial charge in [-0.05, 0) is 120 Å². The summed E-state index contributed by atoms with van der Waals surface area (Å²) in [5.74, 6) is -4.53. The number of carboxylic acid groups (broad SMARTS) is 1. The van der Waals surface area contributed by atoms with Crippen molar-refractivity contribution in [3.05, 3.63) is 131 Å². The molecular formula is C71H104Cl3N7O17. The molecule has 3 aliphatic carbocycles. The molecule has 0 aromatic heterocycles. The number of rotatable bonds is 12. The molecular weight excluding hydrogens is 1330 g/mol. The number of nitrogens with one attached hydrogen (secondary N) is 2. The number of hydrogen-bond donors (Lipinski definition) is 11. The van der Waals surface area contributed by atoms with E-state index in [1.807, 2.05) is 60.6 Å². The van der Waals surface area contributed by atoms with Crippen LogP contribution in [0, 0.1) is 35.5 Å². The number of aliphatic hydroxyl groups excluding tert-OH is 2. The number of fused-ring (bicyclic) bond motifs is 4. The van der Waals surface area contributed by atoms with Crippen molar-refractivity contribution in [3.63, 3.8) is 0 Å². The summed E-state index contributed by atoms with van der Waals surface area (Å²) in [6.45, 7) is 26.0. The van der Waals surface area contributed by atoms with Crippen LogP contribution in [0.4, 0.5) is 21.0 Å². The largest absolute Gasteiger partial charge is 1.00 e. The van der Waals surface area contributed by atoms with Crippen LogP contribution in [0.1, 0.15) is 133 Å². The second kappa shape index (κ2) is 41.4. The number of ether oxygens (including phenoxy) is 4. The van der Waals surface area contributed by atoms with Crippen molar-refractivity contribution in [2.45, 2.75) is 181 Å². The molecule has 0 spiro atoms. The number of phenols is 2. The molecule has 5 aliphatic rings. The molecule has 98 heavy (non-hydrogen) atoms. The van der Waals surface area contributed by atoms with Crippen molar-refractivity contribution in [1.82, 2.24) is 5.32 Å². The Balaban J connectivity index is 0.000000797. The number of halogens is 3. The number of primary amides is 2. The molecule has 2 aliphatic heterocycles. The quantitative estimate of drug-likeness (QED) is 0.0357. The highest BCUT2D eigenvalue weighted by Gasteiger charge is 2.45. The molecule has 546 valence electrons. The van der Waals surface area contributed by atoms with Gasteiger partial charge in [0.1, 0.15) is 29.5 Å². The summed E-state index contributed by atoms with van der Waals surface area (Å²) in [6, 6.07) is 1.33. The van der Waals surface area contributed by atoms with E-state index in [4.69, 9.17) is 47.7 Å². The molecule has 0 radical (unpaired) electrons. The number of amides is 4. The van der Waals surface area contributed by atoms with Crippen LogP contribution in [0.25, 0.3) is 0 Å². The molecule has 24 nitrogen and oxygen atoms in total. The van der Waals surface area contributed by atoms with Gasteiger partial charge in [-0.2, -0.15) is 0 Å². The molecule has 0 unspecified atom stereocenters. The predicted molar refractivity (Wildman–Crippen MR) is 370 cm³/mol. The Morgan fingerprint density at radius 3 is 1.59 bits per heavy atom. The number of aliphatic hydroxyl groups is 2. The van der Waals surface area contributed by atoms with Gasteiger partial charge in [0, 0.05) is 85.2 Å². The van der Waals surface area contributed by atoms with Crippen molar-refractivity contribution >= 4 is 82.2 Å². The first-order valence-corrected chi connectivity index (χ1v) is 32.5. The standard InChI is InChI=1S/C32H44N2O7.C31H45N3O7.C4H6ClNO.C4H7NO2.2ClH/c1-8-9-13-23-24-14-18(2)15-27(40-7)28(36)21(5)16-22(6)30(41-32(33)39)19(3)11-10-12-20(4)31(38)34-25(29(24)37)17-26(23)35;1-8-12-33-26-22-13-17(2)14-25(40-7)27(36)20(5)15-21(6)29(41-31(32)39)18(3)10-9-11-19(4)30(38)34-23(28(22)37)16-24(26)35;5-3(7)4(6)1-2-4;5-4(1-2-4)3(6)7;;/h8,10-12,16-19,21,27-28,30,36H,1,9,13-15H2,2-7H3,(H2,33,39)(H,34,38);8-11,15-18,20,25,27,29,33,35-37H,1,12-14H2,2-7H3,(H2,32,39)(H,34,38);1-2,6H2;1-2,5H2,(H,6,7);2*1H/b11-10-,20-12+,22-16+;10-9-,19-11+,21-15+;;;;/t18-,19+,21+,27+,28-,30-;17-,18+,20+,25+,27-,29-;;;;/m11..../s1. The van der Waals surface area contributed by atoms with Crippen LogP contribution >= 0.6 is 24.0 Å². The number of aliphatic carboxylic acids is 1. The smallest absolute Gasteiger partial charge is 0.405 e. The minimum atomic E-state index is -1.01. The maximum atomic E-state index is 13.6. The maximum Gasteiger partial charge on any atom is 0.405 e. The van der Waals surface area contributed by atoms with Crippen LogP contribution in [-0.4, -0.2) is 136 Å². The number of carboxylic acids is 1. The number of ketones is 2. The van der Waals surface area contributed by atoms with E-state index in [-0.39, 0.29) is 95.4 Å². The fraction of sp³-hybridized carbons (Fsp3) is 0.521. The van der Waals surface area contributed by atoms with Crippen LogP contribution in [0.2, 0.25) is 0 Å². The SMILES string of the molecule is C=CCCC1=C2C[C@@H](C)C[C@H](OC)[C@H](O)[C@@H](C)/C=C(\C)[C@H](OC(N)=O)[C@@H](C)/C=C\C=C(/C)C(=O)NC(=CC1=O)C2=O.C=CC[NH2+]c1c(O)cc2c(O)c1C[C@@H](C)C[C@H](OC)[C@H](O)[C@@H](C)/C=C(\C)[C@H](OC(N)=O)[C@@H](C)/C=C\C=C(/C)C(=O)N2.Cl.NC1(C(=O)Cl)CC1.[Cl-].[NH3+]C1(C(=O)[O-])CC1. The fourth-order valence-corrected chi connectivity index (χ4v) is 11.2. The number of Topliss-reactive ketones (excluding diaryl/α,β-unsaturated/α-hetero) is 1. The Morgan fingerprint density at radius 1 is 0.755 bits per heavy atom. The summed E-state index contributed by atoms with van der Waals surface area (Å²) < 4.78 is 22.2. The maximum absolute atomic E-state index is 13.6. The third-order valence-corrected chi connectivity index (χ3v) is 17.8. The lowest BCUT2D eigenvalue weighted by Gasteiger charge is -2.29. The number of hydrogen-bond acceptors (Lipinski definition) is 18. The highest BCUT2D eigenvalue weighted by molar-refractivity contribution is 6.66. The third kappa shape index (κ3) is 27.1. The van der Waals surface area contributed by atoms with Gasteiger partial charge in [0.2, 0.25) is 11.0 Å². The summed E-state index contributed by atoms with van der Waals surface area (Å²) >= 11 is 5.05. The van der Waals surface area contributed by atoms with Crippen molar-refractivity contribution in [3.8, 4) is 11.5 Å². The molecule has 1 aromatic rings. The molecule has 6 rings (SSSR count). The Hall–Kier alpha value is -7.23. The summed E-state index contributed by atoms with van der Waals surface area (Å²) in [6.07, 6.45) is 17.4. The van der Waals surface area contributed by atoms with E-state index in [1.165, 1.54) is 26.4 Å². The van der Waals surface area contributed by atoms with E-state index < -0.39 is 88.7 Å². The third-order valence-electron chi connectivity index (χ3n) is 17.4. The molecule has 2 fully saturated rings. The average molecular weight is 1430 g/mol. The van der Waals surface area contributed by atoms with Gasteiger partial charge >= 0.3 is 12.2 Å². The predicted octanol–water partition coefficient (Wildman–Crippen LogP) is 3.13. The first-order valence-electron chi connectivity index (χ1n) is 32.1. The number of carbonyl (C=O) groups is 8. The lowest BCUT2D eigenvalue weighted by molar-refractivity contribution is -0.562. The minimum absolute atomic E-state index is 0. The van der Waals surface area contributed by atoms with Gasteiger partial charge in [-0.25, -0.2) is 9.59 Å². The highest BCUT2D eigenvalue weighted by Crippen LogP contribution is 2.41. The second-order valence-electron chi connectivity index (χ2n) is 25.9. The number of benzene rings is 1. The van der Waals surface area contributed by atoms with E-state index in [2.05, 4.69) is 29.5 Å². The molecule has 12 atom stereocenters. The number of nitrogens with two attached hydrogens (primary N) is 4. The van der Waals surface area contributed by atoms with E-state index in [1.54, 1.807) is 74.7 Å². The van der Waals surface area contributed by atoms with Crippen molar-refractivity contribution in [2.24, 2.45) is 52.7 Å². The summed E-state index contributed by atoms with van der Waals surface area (Å²) in [5, 5.41) is 61.1. The van der Waals surface area contributed by atoms with E-state index in [0.29, 0.717) is 96.2 Å². The Kier molecular flexibility index (Phi) is 37.5. The summed E-state index contributed by atoms with van der Waals surface area (Å²) in [7, 11) is 3.05. The highest BCUT2D eigenvalue weighted by atomic mass is 35.5. The van der Waals surface area contributed by atoms with Crippen LogP contribution in [0.15, 0.2) is 125 Å². The van der Waals surface area contributed by atoms with Gasteiger partial charge in [0.25, 0.3) is 11.8 Å². The van der Waals surface area contributed by atoms with Gasteiger partial charge in [0.15, 0.2) is 17.2 Å². The van der Waals surface area contributed by atoms with Crippen molar-refractivity contribution in [2.75, 3.05) is 26.1 Å². The topological polar surface area (TPSA) is 424 Å². The van der Waals surface area contributed by atoms with Crippen LogP contribution in [0.3, 0.4) is 0 Å². The Morgan fingerprint density at radius 2 is 1.21 bits per heavy atom. The number of methoxy groups -OCH3 is 2. The number of aromatic hydroxyl groups is 2. The molecule has 1 aromatic carbocycles. The Bertz CT molecular complexity index is 3250. The monoisotopic (exact) mass is 1430 g/mol. The van der Waals surface area contributed by atoms with Crippen LogP contribution < -0.4 is 56.4 Å². The molecule has 17 N–H and O–H groups in total. The number of quaternary nitrogens is 2. The van der Waals surface area contributed by atoms with E-state index in [9.17, 15) is 63.9 Å². The first kappa shape index (κ1) is 88.8. The van der Waals surface area contributed by atoms with E-state index in [0.717, 1.165) is 12.8 Å².